The molecular weight excluding hydrogens is 276 g/mol. The standard InChI is InChI=1S/C13H20N4O2S/c1-19-13(18)10-11(14)15-20-12(10)17-7-3-6-16-5-2-4-9(16)8-17/h9H,2-8H2,1H3,(H2,14,15). The van der Waals surface area contributed by atoms with Gasteiger partial charge in [-0.25, -0.2) is 4.79 Å². The number of anilines is 2. The molecule has 0 aromatic carbocycles. The lowest BCUT2D eigenvalue weighted by Crippen LogP contribution is -2.36. The molecule has 20 heavy (non-hydrogen) atoms. The van der Waals surface area contributed by atoms with Crippen LogP contribution in [0.5, 0.6) is 0 Å². The van der Waals surface area contributed by atoms with Gasteiger partial charge >= 0.3 is 5.97 Å². The fourth-order valence-corrected chi connectivity index (χ4v) is 4.03. The smallest absolute Gasteiger partial charge is 0.344 e. The Balaban J connectivity index is 1.86. The highest BCUT2D eigenvalue weighted by molar-refractivity contribution is 7.11. The molecule has 110 valence electrons. The predicted octanol–water partition coefficient (Wildman–Crippen LogP) is 1.19. The highest BCUT2D eigenvalue weighted by Gasteiger charge is 2.32. The molecule has 1 unspecified atom stereocenters. The Morgan fingerprint density at radius 1 is 1.40 bits per heavy atom. The van der Waals surface area contributed by atoms with E-state index in [1.165, 1.54) is 38.0 Å². The Kier molecular flexibility index (Phi) is 3.80. The molecule has 0 radical (unpaired) electrons. The topological polar surface area (TPSA) is 71.7 Å². The monoisotopic (exact) mass is 296 g/mol. The van der Waals surface area contributed by atoms with Crippen molar-refractivity contribution in [2.45, 2.75) is 25.3 Å². The molecule has 0 bridgehead atoms. The SMILES string of the molecule is COC(=O)c1c(N)nsc1N1CCCN2CCCC2C1. The van der Waals surface area contributed by atoms with Crippen molar-refractivity contribution >= 4 is 28.3 Å². The number of hydrogen-bond acceptors (Lipinski definition) is 7. The van der Waals surface area contributed by atoms with E-state index in [-0.39, 0.29) is 5.82 Å². The number of ether oxygens (including phenoxy) is 1. The van der Waals surface area contributed by atoms with Gasteiger partial charge in [-0.2, -0.15) is 4.37 Å². The first-order chi connectivity index (χ1) is 9.70. The molecule has 2 aliphatic heterocycles. The number of fused-ring (bicyclic) bond motifs is 1. The van der Waals surface area contributed by atoms with Gasteiger partial charge in [0, 0.05) is 25.7 Å². The zero-order valence-electron chi connectivity index (χ0n) is 11.7. The van der Waals surface area contributed by atoms with E-state index in [0.717, 1.165) is 31.1 Å². The van der Waals surface area contributed by atoms with Crippen LogP contribution in [0.4, 0.5) is 10.8 Å². The minimum absolute atomic E-state index is 0.282. The van der Waals surface area contributed by atoms with Crippen molar-refractivity contribution in [1.82, 2.24) is 9.27 Å². The molecule has 2 saturated heterocycles. The molecule has 6 nitrogen and oxygen atoms in total. The summed E-state index contributed by atoms with van der Waals surface area (Å²) >= 11 is 1.30. The van der Waals surface area contributed by atoms with Crippen LogP contribution < -0.4 is 10.6 Å². The van der Waals surface area contributed by atoms with E-state index in [9.17, 15) is 4.79 Å². The highest BCUT2D eigenvalue weighted by Crippen LogP contribution is 2.33. The molecule has 7 heteroatoms. The molecule has 0 spiro atoms. The maximum Gasteiger partial charge on any atom is 0.344 e. The molecular formula is C13H20N4O2S. The summed E-state index contributed by atoms with van der Waals surface area (Å²) in [6, 6.07) is 0.589. The van der Waals surface area contributed by atoms with E-state index in [1.807, 2.05) is 0 Å². The van der Waals surface area contributed by atoms with Gasteiger partial charge in [0.05, 0.1) is 7.11 Å². The molecule has 0 saturated carbocycles. The number of carbonyl (C=O) groups is 1. The summed E-state index contributed by atoms with van der Waals surface area (Å²) in [4.78, 5) is 16.7. The van der Waals surface area contributed by atoms with Crippen molar-refractivity contribution in [3.63, 3.8) is 0 Å². The van der Waals surface area contributed by atoms with E-state index in [0.29, 0.717) is 11.6 Å². The lowest BCUT2D eigenvalue weighted by atomic mass is 10.2. The fraction of sp³-hybridized carbons (Fsp3) is 0.692. The van der Waals surface area contributed by atoms with E-state index < -0.39 is 5.97 Å². The van der Waals surface area contributed by atoms with Crippen LogP contribution >= 0.6 is 11.5 Å². The number of rotatable bonds is 2. The zero-order valence-corrected chi connectivity index (χ0v) is 12.5. The van der Waals surface area contributed by atoms with E-state index in [1.54, 1.807) is 0 Å². The molecule has 3 rings (SSSR count). The first-order valence-corrected chi connectivity index (χ1v) is 7.80. The Hall–Kier alpha value is -1.34. The Labute approximate surface area is 122 Å². The summed E-state index contributed by atoms with van der Waals surface area (Å²) in [5, 5.41) is 0.864. The van der Waals surface area contributed by atoms with Crippen molar-refractivity contribution in [1.29, 1.82) is 0 Å². The molecule has 0 aliphatic carbocycles. The quantitative estimate of drug-likeness (QED) is 0.827. The minimum Gasteiger partial charge on any atom is -0.465 e. The summed E-state index contributed by atoms with van der Waals surface area (Å²) < 4.78 is 8.98. The Morgan fingerprint density at radius 2 is 2.20 bits per heavy atom. The summed E-state index contributed by atoms with van der Waals surface area (Å²) in [5.74, 6) is -0.108. The molecule has 0 amide bonds. The molecule has 2 fully saturated rings. The lowest BCUT2D eigenvalue weighted by Gasteiger charge is -2.26. The maximum atomic E-state index is 11.9. The van der Waals surface area contributed by atoms with Gasteiger partial charge in [0.25, 0.3) is 0 Å². The van der Waals surface area contributed by atoms with Crippen molar-refractivity contribution in [3.8, 4) is 0 Å². The van der Waals surface area contributed by atoms with Crippen molar-refractivity contribution in [2.75, 3.05) is 43.9 Å². The third-order valence-corrected chi connectivity index (χ3v) is 5.10. The average molecular weight is 296 g/mol. The second kappa shape index (κ2) is 5.57. The van der Waals surface area contributed by atoms with Crippen LogP contribution in [0.2, 0.25) is 0 Å². The zero-order chi connectivity index (χ0) is 14.1. The number of methoxy groups -OCH3 is 1. The summed E-state index contributed by atoms with van der Waals surface area (Å²) in [5.41, 5.74) is 6.27. The van der Waals surface area contributed by atoms with Gasteiger partial charge in [-0.15, -0.1) is 0 Å². The van der Waals surface area contributed by atoms with Gasteiger partial charge in [-0.3, -0.25) is 4.90 Å². The first-order valence-electron chi connectivity index (χ1n) is 7.03. The number of aromatic nitrogens is 1. The average Bonchev–Trinajstić information content (AvgIpc) is 2.99. The Morgan fingerprint density at radius 3 is 3.00 bits per heavy atom. The van der Waals surface area contributed by atoms with Crippen LogP contribution in [-0.2, 0) is 4.74 Å². The number of esters is 1. The third-order valence-electron chi connectivity index (χ3n) is 4.18. The number of hydrogen-bond donors (Lipinski definition) is 1. The van der Waals surface area contributed by atoms with Crippen LogP contribution in [0, 0.1) is 0 Å². The van der Waals surface area contributed by atoms with Gasteiger partial charge in [0.15, 0.2) is 5.82 Å². The minimum atomic E-state index is -0.390. The van der Waals surface area contributed by atoms with E-state index >= 15 is 0 Å². The summed E-state index contributed by atoms with van der Waals surface area (Å²) in [6.07, 6.45) is 3.61. The molecule has 2 N–H and O–H groups in total. The number of nitrogens with two attached hydrogens (primary N) is 1. The molecule has 3 heterocycles. The van der Waals surface area contributed by atoms with Crippen LogP contribution in [0.25, 0.3) is 0 Å². The van der Waals surface area contributed by atoms with E-state index in [2.05, 4.69) is 14.2 Å². The highest BCUT2D eigenvalue weighted by atomic mass is 32.1. The number of nitrogens with zero attached hydrogens (tertiary/aromatic N) is 3. The van der Waals surface area contributed by atoms with Gasteiger partial charge in [0.1, 0.15) is 10.6 Å². The molecule has 1 aromatic heterocycles. The van der Waals surface area contributed by atoms with Crippen LogP contribution in [0.1, 0.15) is 29.6 Å². The summed E-state index contributed by atoms with van der Waals surface area (Å²) in [6.45, 7) is 4.24. The van der Waals surface area contributed by atoms with Gasteiger partial charge in [-0.1, -0.05) is 0 Å². The second-order valence-electron chi connectivity index (χ2n) is 5.37. The van der Waals surface area contributed by atoms with Crippen LogP contribution in [-0.4, -0.2) is 54.6 Å². The normalized spacial score (nSPS) is 23.4. The Bertz CT molecular complexity index is 505. The number of nitrogen functional groups attached to an aromatic ring is 1. The first kappa shape index (κ1) is 13.6. The predicted molar refractivity (Wildman–Crippen MR) is 79.3 cm³/mol. The molecule has 1 atom stereocenters. The third kappa shape index (κ3) is 2.35. The van der Waals surface area contributed by atoms with Crippen LogP contribution in [0.15, 0.2) is 0 Å². The largest absolute Gasteiger partial charge is 0.465 e. The maximum absolute atomic E-state index is 11.9. The molecule has 2 aliphatic rings. The second-order valence-corrected chi connectivity index (χ2v) is 6.12. The van der Waals surface area contributed by atoms with Crippen molar-refractivity contribution in [2.24, 2.45) is 0 Å². The van der Waals surface area contributed by atoms with Crippen molar-refractivity contribution < 1.29 is 9.53 Å². The van der Waals surface area contributed by atoms with Crippen LogP contribution in [0.3, 0.4) is 0 Å². The van der Waals surface area contributed by atoms with Gasteiger partial charge in [-0.05, 0) is 37.3 Å². The van der Waals surface area contributed by atoms with Gasteiger partial charge < -0.3 is 15.4 Å². The van der Waals surface area contributed by atoms with Gasteiger partial charge in [0.2, 0.25) is 0 Å². The summed E-state index contributed by atoms with van der Waals surface area (Å²) in [7, 11) is 1.38. The molecule has 1 aromatic rings. The fourth-order valence-electron chi connectivity index (χ4n) is 3.19. The number of carbonyl (C=O) groups excluding carboxylic acids is 1. The lowest BCUT2D eigenvalue weighted by molar-refractivity contribution is 0.0603. The van der Waals surface area contributed by atoms with E-state index in [4.69, 9.17) is 10.5 Å². The van der Waals surface area contributed by atoms with Crippen molar-refractivity contribution in [3.05, 3.63) is 5.56 Å².